The van der Waals surface area contributed by atoms with Gasteiger partial charge in [-0.1, -0.05) is 79.7 Å². The van der Waals surface area contributed by atoms with Gasteiger partial charge in [0.2, 0.25) is 5.91 Å². The summed E-state index contributed by atoms with van der Waals surface area (Å²) in [5, 5.41) is 5.54. The zero-order valence-electron chi connectivity index (χ0n) is 29.4. The molecular weight excluding hydrogens is 636 g/mol. The summed E-state index contributed by atoms with van der Waals surface area (Å²) in [6.45, 7) is 9.84. The second-order valence-electron chi connectivity index (χ2n) is 13.3. The van der Waals surface area contributed by atoms with Crippen molar-refractivity contribution >= 4 is 23.9 Å². The van der Waals surface area contributed by atoms with E-state index >= 15 is 0 Å². The van der Waals surface area contributed by atoms with Gasteiger partial charge in [-0.05, 0) is 73.6 Å². The Morgan fingerprint density at radius 3 is 2.14 bits per heavy atom. The van der Waals surface area contributed by atoms with Gasteiger partial charge in [-0.2, -0.15) is 0 Å². The van der Waals surface area contributed by atoms with Crippen LogP contribution in [0.1, 0.15) is 69.1 Å². The molecule has 0 bridgehead atoms. The molecule has 10 nitrogen and oxygen atoms in total. The largest absolute Gasteiger partial charge is 0.490 e. The van der Waals surface area contributed by atoms with Crippen LogP contribution in [0.15, 0.2) is 85.5 Å². The minimum Gasteiger partial charge on any atom is -0.490 e. The summed E-state index contributed by atoms with van der Waals surface area (Å²) in [5.41, 5.74) is 4.59. The number of unbranched alkanes of at least 4 members (excludes halogenated alkanes) is 1. The minimum atomic E-state index is -0.980. The van der Waals surface area contributed by atoms with Crippen molar-refractivity contribution in [2.24, 2.45) is 5.92 Å². The van der Waals surface area contributed by atoms with Crippen molar-refractivity contribution < 1.29 is 38.1 Å². The number of esters is 2. The fourth-order valence-corrected chi connectivity index (χ4v) is 5.96. The number of fused-ring (bicyclic) bond motifs is 3. The smallest absolute Gasteiger partial charge is 0.407 e. The van der Waals surface area contributed by atoms with Gasteiger partial charge in [0.25, 0.3) is 0 Å². The summed E-state index contributed by atoms with van der Waals surface area (Å²) in [6.07, 6.45) is 2.53. The van der Waals surface area contributed by atoms with Crippen LogP contribution in [0.5, 0.6) is 5.75 Å². The van der Waals surface area contributed by atoms with Crippen LogP contribution in [-0.2, 0) is 35.0 Å². The highest BCUT2D eigenvalue weighted by Crippen LogP contribution is 2.44. The number of nitrogens with one attached hydrogen (secondary N) is 2. The third-order valence-electron chi connectivity index (χ3n) is 8.34. The van der Waals surface area contributed by atoms with Crippen LogP contribution in [0.4, 0.5) is 4.79 Å². The van der Waals surface area contributed by atoms with Gasteiger partial charge in [-0.15, -0.1) is 0 Å². The Balaban J connectivity index is 1.41. The maximum atomic E-state index is 13.7. The van der Waals surface area contributed by atoms with Crippen molar-refractivity contribution in [3.63, 3.8) is 0 Å². The normalized spacial score (nSPS) is 13.2. The van der Waals surface area contributed by atoms with Gasteiger partial charge in [0.15, 0.2) is 0 Å². The first kappa shape index (κ1) is 37.7. The summed E-state index contributed by atoms with van der Waals surface area (Å²) in [6, 6.07) is 22.4. The number of methoxy groups -OCH3 is 1. The number of alkyl carbamates (subject to hydrolysis) is 1. The molecule has 4 rings (SSSR count). The molecular formula is C40H48N2O8. The third kappa shape index (κ3) is 10.9. The van der Waals surface area contributed by atoms with Gasteiger partial charge in [-0.25, -0.2) is 9.59 Å². The molecule has 2 atom stereocenters. The van der Waals surface area contributed by atoms with Crippen LogP contribution < -0.4 is 15.4 Å². The first-order chi connectivity index (χ1) is 24.0. The standard InChI is InChI=1S/C40H48N2O8/c1-6-23-48-29-20-18-27(19-21-29)24-35(38(45)47-5)42-37(44)28(13-11-12-22-41-39(46)50-40(2,3)4)25-36(43)49-26-34-32-16-9-7-14-30(32)31-15-8-10-17-33(31)34/h6-10,14-21,28,34-35H,1,11-13,22-26H2,2-5H3,(H,41,46)(H,42,44)/t28-,35-/m0/s1. The first-order valence-corrected chi connectivity index (χ1v) is 17.0. The van der Waals surface area contributed by atoms with Crippen molar-refractivity contribution in [1.82, 2.24) is 10.6 Å². The molecule has 50 heavy (non-hydrogen) atoms. The number of amides is 2. The van der Waals surface area contributed by atoms with E-state index in [-0.39, 0.29) is 25.4 Å². The first-order valence-electron chi connectivity index (χ1n) is 17.0. The van der Waals surface area contributed by atoms with Crippen LogP contribution >= 0.6 is 0 Å². The zero-order chi connectivity index (χ0) is 36.1. The summed E-state index contributed by atoms with van der Waals surface area (Å²) < 4.78 is 21.7. The minimum absolute atomic E-state index is 0.116. The van der Waals surface area contributed by atoms with Crippen LogP contribution in [0.3, 0.4) is 0 Å². The molecule has 0 heterocycles. The van der Waals surface area contributed by atoms with Gasteiger partial charge in [0.05, 0.1) is 13.5 Å². The monoisotopic (exact) mass is 684 g/mol. The van der Waals surface area contributed by atoms with Crippen molar-refractivity contribution in [3.05, 3.63) is 102 Å². The van der Waals surface area contributed by atoms with E-state index in [1.54, 1.807) is 39.0 Å². The molecule has 0 saturated heterocycles. The third-order valence-corrected chi connectivity index (χ3v) is 8.34. The summed E-state index contributed by atoms with van der Waals surface area (Å²) >= 11 is 0. The number of ether oxygens (including phenoxy) is 4. The average molecular weight is 685 g/mol. The lowest BCUT2D eigenvalue weighted by Crippen LogP contribution is -2.46. The molecule has 3 aromatic carbocycles. The van der Waals surface area contributed by atoms with Crippen LogP contribution in [0.2, 0.25) is 0 Å². The lowest BCUT2D eigenvalue weighted by molar-refractivity contribution is -0.148. The quantitative estimate of drug-likeness (QED) is 0.0713. The lowest BCUT2D eigenvalue weighted by Gasteiger charge is -2.22. The summed E-state index contributed by atoms with van der Waals surface area (Å²) in [7, 11) is 1.26. The maximum Gasteiger partial charge on any atom is 0.407 e. The fraction of sp³-hybridized carbons (Fsp3) is 0.400. The molecule has 0 aromatic heterocycles. The van der Waals surface area contributed by atoms with Crippen molar-refractivity contribution in [2.75, 3.05) is 26.9 Å². The Kier molecular flexibility index (Phi) is 13.6. The Bertz CT molecular complexity index is 1580. The van der Waals surface area contributed by atoms with E-state index in [0.29, 0.717) is 38.2 Å². The zero-order valence-corrected chi connectivity index (χ0v) is 29.4. The number of hydrogen-bond acceptors (Lipinski definition) is 8. The molecule has 0 saturated carbocycles. The number of benzene rings is 3. The number of rotatable bonds is 17. The molecule has 0 spiro atoms. The average Bonchev–Trinajstić information content (AvgIpc) is 3.41. The van der Waals surface area contributed by atoms with Crippen LogP contribution in [0, 0.1) is 5.92 Å². The number of carbonyl (C=O) groups is 4. The molecule has 1 aliphatic rings. The molecule has 0 radical (unpaired) electrons. The van der Waals surface area contributed by atoms with Crippen LogP contribution in [0.25, 0.3) is 11.1 Å². The van der Waals surface area contributed by atoms with E-state index in [1.165, 1.54) is 7.11 Å². The highest BCUT2D eigenvalue weighted by Gasteiger charge is 2.31. The van der Waals surface area contributed by atoms with E-state index in [9.17, 15) is 19.2 Å². The van der Waals surface area contributed by atoms with Gasteiger partial charge in [0.1, 0.15) is 30.6 Å². The summed E-state index contributed by atoms with van der Waals surface area (Å²) in [5.74, 6) is -1.82. The predicted molar refractivity (Wildman–Crippen MR) is 191 cm³/mol. The SMILES string of the molecule is C=CCOc1ccc(C[C@H](NC(=O)[C@@H](CCCCNC(=O)OC(C)(C)C)CC(=O)OCC2c3ccccc3-c3ccccc32)C(=O)OC)cc1. The van der Waals surface area contributed by atoms with E-state index in [1.807, 2.05) is 48.5 Å². The number of hydrogen-bond donors (Lipinski definition) is 2. The van der Waals surface area contributed by atoms with Gasteiger partial charge >= 0.3 is 18.0 Å². The van der Waals surface area contributed by atoms with Crippen molar-refractivity contribution in [1.29, 1.82) is 0 Å². The molecule has 0 aliphatic heterocycles. The topological polar surface area (TPSA) is 129 Å². The van der Waals surface area contributed by atoms with Gasteiger partial charge in [-0.3, -0.25) is 9.59 Å². The predicted octanol–water partition coefficient (Wildman–Crippen LogP) is 6.51. The molecule has 1 aliphatic carbocycles. The molecule has 266 valence electrons. The Hall–Kier alpha value is -5.12. The highest BCUT2D eigenvalue weighted by atomic mass is 16.6. The van der Waals surface area contributed by atoms with Crippen molar-refractivity contribution in [3.8, 4) is 16.9 Å². The Morgan fingerprint density at radius 2 is 1.54 bits per heavy atom. The van der Waals surface area contributed by atoms with Gasteiger partial charge < -0.3 is 29.6 Å². The van der Waals surface area contributed by atoms with E-state index in [0.717, 1.165) is 27.8 Å². The highest BCUT2D eigenvalue weighted by molar-refractivity contribution is 5.88. The second kappa shape index (κ2) is 18.0. The number of carbonyl (C=O) groups excluding carboxylic acids is 4. The maximum absolute atomic E-state index is 13.7. The van der Waals surface area contributed by atoms with Crippen LogP contribution in [-0.4, -0.2) is 62.5 Å². The molecule has 0 unspecified atom stereocenters. The molecule has 2 amide bonds. The lowest BCUT2D eigenvalue weighted by atomic mass is 9.95. The molecule has 10 heteroatoms. The fourth-order valence-electron chi connectivity index (χ4n) is 5.96. The molecule has 3 aromatic rings. The second-order valence-corrected chi connectivity index (χ2v) is 13.3. The Morgan fingerprint density at radius 1 is 0.900 bits per heavy atom. The Labute approximate surface area is 294 Å². The summed E-state index contributed by atoms with van der Waals surface area (Å²) in [4.78, 5) is 51.9. The van der Waals surface area contributed by atoms with E-state index in [4.69, 9.17) is 18.9 Å². The van der Waals surface area contributed by atoms with Crippen molar-refractivity contribution in [2.45, 2.75) is 70.4 Å². The van der Waals surface area contributed by atoms with E-state index < -0.39 is 41.5 Å². The van der Waals surface area contributed by atoms with E-state index in [2.05, 4.69) is 29.3 Å². The molecule has 0 fully saturated rings. The molecule has 2 N–H and O–H groups in total. The van der Waals surface area contributed by atoms with Gasteiger partial charge in [0, 0.05) is 24.8 Å².